The Morgan fingerprint density at radius 1 is 1.29 bits per heavy atom. The number of fused-ring (bicyclic) bond motifs is 7. The first-order valence-electron chi connectivity index (χ1n) is 5.96. The van der Waals surface area contributed by atoms with Gasteiger partial charge in [0.05, 0.1) is 23.9 Å². The summed E-state index contributed by atoms with van der Waals surface area (Å²) in [6.07, 6.45) is 2.87. The number of epoxide rings is 1. The molecule has 0 amide bonds. The van der Waals surface area contributed by atoms with Gasteiger partial charge in [0.15, 0.2) is 0 Å². The number of rotatable bonds is 0. The van der Waals surface area contributed by atoms with Crippen LogP contribution in [0.5, 0.6) is 0 Å². The monoisotopic (exact) mass is 194 g/mol. The molecule has 0 aromatic heterocycles. The summed E-state index contributed by atoms with van der Waals surface area (Å²) in [6, 6.07) is 0. The molecule has 2 aliphatic carbocycles. The Morgan fingerprint density at radius 3 is 2.86 bits per heavy atom. The fourth-order valence-electron chi connectivity index (χ4n) is 4.89. The third-order valence-corrected chi connectivity index (χ3v) is 5.48. The zero-order chi connectivity index (χ0) is 9.66. The summed E-state index contributed by atoms with van der Waals surface area (Å²) in [6.45, 7) is 6.92. The minimum Gasteiger partial charge on any atom is -0.374 e. The molecule has 2 saturated heterocycles. The molecule has 2 heterocycles. The average molecular weight is 194 g/mol. The van der Waals surface area contributed by atoms with Gasteiger partial charge in [-0.2, -0.15) is 0 Å². The molecule has 0 spiro atoms. The van der Waals surface area contributed by atoms with Crippen LogP contribution in [0.2, 0.25) is 0 Å². The highest BCUT2D eigenvalue weighted by Crippen LogP contribution is 2.68. The molecule has 0 N–H and O–H groups in total. The third kappa shape index (κ3) is 0.646. The van der Waals surface area contributed by atoms with Crippen LogP contribution in [0.3, 0.4) is 0 Å². The topological polar surface area (TPSA) is 21.8 Å². The van der Waals surface area contributed by atoms with Crippen molar-refractivity contribution in [3.05, 3.63) is 0 Å². The van der Waals surface area contributed by atoms with E-state index >= 15 is 0 Å². The zero-order valence-electron chi connectivity index (χ0n) is 9.07. The molecule has 2 aliphatic heterocycles. The molecule has 8 atom stereocenters. The average Bonchev–Trinajstić information content (AvgIpc) is 2.42. The lowest BCUT2D eigenvalue weighted by atomic mass is 9.83. The molecule has 0 radical (unpaired) electrons. The van der Waals surface area contributed by atoms with Crippen LogP contribution in [-0.4, -0.2) is 23.9 Å². The van der Waals surface area contributed by atoms with Crippen molar-refractivity contribution in [1.82, 2.24) is 0 Å². The summed E-state index contributed by atoms with van der Waals surface area (Å²) >= 11 is 0. The van der Waals surface area contributed by atoms with Gasteiger partial charge in [0.1, 0.15) is 0 Å². The fraction of sp³-hybridized carbons (Fsp3) is 1.00. The van der Waals surface area contributed by atoms with E-state index < -0.39 is 0 Å². The van der Waals surface area contributed by atoms with Crippen LogP contribution in [0.15, 0.2) is 0 Å². The van der Waals surface area contributed by atoms with Crippen LogP contribution >= 0.6 is 0 Å². The minimum absolute atomic E-state index is 0.207. The summed E-state index contributed by atoms with van der Waals surface area (Å²) in [5.74, 6) is 3.20. The predicted octanol–water partition coefficient (Wildman–Crippen LogP) is 1.83. The first-order valence-corrected chi connectivity index (χ1v) is 5.96. The molecule has 8 unspecified atom stereocenters. The SMILES string of the molecule is CC1OC2C(C)C1C1CC3OC3(C)C12. The molecule has 0 aromatic carbocycles. The van der Waals surface area contributed by atoms with Gasteiger partial charge < -0.3 is 9.47 Å². The Bertz CT molecular complexity index is 301. The molecular formula is C12H18O2. The summed E-state index contributed by atoms with van der Waals surface area (Å²) in [4.78, 5) is 0. The summed E-state index contributed by atoms with van der Waals surface area (Å²) in [5.41, 5.74) is 0.207. The Morgan fingerprint density at radius 2 is 2.07 bits per heavy atom. The fourth-order valence-corrected chi connectivity index (χ4v) is 4.89. The van der Waals surface area contributed by atoms with Crippen LogP contribution in [-0.2, 0) is 9.47 Å². The maximum atomic E-state index is 6.07. The molecule has 2 nitrogen and oxygen atoms in total. The van der Waals surface area contributed by atoms with Crippen molar-refractivity contribution in [1.29, 1.82) is 0 Å². The molecule has 2 heteroatoms. The first kappa shape index (κ1) is 8.12. The molecule has 14 heavy (non-hydrogen) atoms. The van der Waals surface area contributed by atoms with Gasteiger partial charge in [-0.25, -0.2) is 0 Å². The minimum atomic E-state index is 0.207. The first-order chi connectivity index (χ1) is 6.63. The Balaban J connectivity index is 1.76. The second kappa shape index (κ2) is 2.05. The van der Waals surface area contributed by atoms with Crippen LogP contribution in [0, 0.1) is 23.7 Å². The zero-order valence-corrected chi connectivity index (χ0v) is 9.07. The summed E-state index contributed by atoms with van der Waals surface area (Å²) in [5, 5.41) is 0. The number of hydrogen-bond acceptors (Lipinski definition) is 2. The van der Waals surface area contributed by atoms with Crippen LogP contribution in [0.1, 0.15) is 27.2 Å². The molecule has 2 bridgehead atoms. The quantitative estimate of drug-likeness (QED) is 0.549. The Labute approximate surface area is 85.0 Å². The molecule has 0 aromatic rings. The van der Waals surface area contributed by atoms with Gasteiger partial charge in [0.2, 0.25) is 0 Å². The molecule has 2 saturated carbocycles. The van der Waals surface area contributed by atoms with Gasteiger partial charge in [-0.3, -0.25) is 0 Å². The van der Waals surface area contributed by atoms with Gasteiger partial charge in [0, 0.05) is 5.92 Å². The smallest absolute Gasteiger partial charge is 0.0976 e. The summed E-state index contributed by atoms with van der Waals surface area (Å²) in [7, 11) is 0. The Hall–Kier alpha value is -0.0800. The molecule has 78 valence electrons. The molecular weight excluding hydrogens is 176 g/mol. The van der Waals surface area contributed by atoms with Crippen molar-refractivity contribution < 1.29 is 9.47 Å². The van der Waals surface area contributed by atoms with E-state index in [9.17, 15) is 0 Å². The Kier molecular flexibility index (Phi) is 1.19. The maximum Gasteiger partial charge on any atom is 0.0976 e. The predicted molar refractivity (Wildman–Crippen MR) is 51.9 cm³/mol. The maximum absolute atomic E-state index is 6.07. The van der Waals surface area contributed by atoms with Gasteiger partial charge in [-0.05, 0) is 38.0 Å². The van der Waals surface area contributed by atoms with Crippen LogP contribution in [0.4, 0.5) is 0 Å². The second-order valence-corrected chi connectivity index (χ2v) is 5.96. The largest absolute Gasteiger partial charge is 0.374 e. The van der Waals surface area contributed by atoms with E-state index in [1.807, 2.05) is 0 Å². The second-order valence-electron chi connectivity index (χ2n) is 5.96. The van der Waals surface area contributed by atoms with Gasteiger partial charge in [-0.15, -0.1) is 0 Å². The highest BCUT2D eigenvalue weighted by Gasteiger charge is 2.75. The van der Waals surface area contributed by atoms with Crippen molar-refractivity contribution in [2.45, 2.75) is 51.1 Å². The van der Waals surface area contributed by atoms with Crippen LogP contribution < -0.4 is 0 Å². The van der Waals surface area contributed by atoms with E-state index in [1.165, 1.54) is 6.42 Å². The van der Waals surface area contributed by atoms with E-state index in [0.29, 0.717) is 24.2 Å². The van der Waals surface area contributed by atoms with Gasteiger partial charge in [0.25, 0.3) is 0 Å². The molecule has 4 aliphatic rings. The lowest BCUT2D eigenvalue weighted by Gasteiger charge is -2.33. The van der Waals surface area contributed by atoms with E-state index in [-0.39, 0.29) is 5.60 Å². The highest BCUT2D eigenvalue weighted by molar-refractivity contribution is 5.22. The third-order valence-electron chi connectivity index (χ3n) is 5.48. The standard InChI is InChI=1S/C12H18O2/c1-5-9-6(2)13-11(5)10-7(9)4-8-12(10,3)14-8/h5-11H,4H2,1-3H3. The summed E-state index contributed by atoms with van der Waals surface area (Å²) < 4.78 is 11.9. The van der Waals surface area contributed by atoms with Crippen molar-refractivity contribution in [3.63, 3.8) is 0 Å². The van der Waals surface area contributed by atoms with E-state index in [2.05, 4.69) is 20.8 Å². The van der Waals surface area contributed by atoms with Gasteiger partial charge in [-0.1, -0.05) is 6.92 Å². The van der Waals surface area contributed by atoms with Crippen LogP contribution in [0.25, 0.3) is 0 Å². The normalized spacial score (nSPS) is 73.5. The molecule has 4 rings (SSSR count). The van der Waals surface area contributed by atoms with Crippen molar-refractivity contribution in [2.24, 2.45) is 23.7 Å². The molecule has 4 fully saturated rings. The van der Waals surface area contributed by atoms with E-state index in [4.69, 9.17) is 9.47 Å². The van der Waals surface area contributed by atoms with Crippen molar-refractivity contribution in [2.75, 3.05) is 0 Å². The van der Waals surface area contributed by atoms with Crippen molar-refractivity contribution >= 4 is 0 Å². The lowest BCUT2D eigenvalue weighted by Crippen LogP contribution is -2.37. The highest BCUT2D eigenvalue weighted by atomic mass is 16.6. The number of hydrogen-bond donors (Lipinski definition) is 0. The van der Waals surface area contributed by atoms with E-state index in [1.54, 1.807) is 0 Å². The van der Waals surface area contributed by atoms with E-state index in [0.717, 1.165) is 17.8 Å². The lowest BCUT2D eigenvalue weighted by molar-refractivity contribution is -0.0710. The van der Waals surface area contributed by atoms with Gasteiger partial charge >= 0.3 is 0 Å². The van der Waals surface area contributed by atoms with Crippen molar-refractivity contribution in [3.8, 4) is 0 Å². The number of ether oxygens (including phenoxy) is 2.